The van der Waals surface area contributed by atoms with E-state index in [-0.39, 0.29) is 6.10 Å². The molecule has 0 aliphatic rings. The highest BCUT2D eigenvalue weighted by atomic mass is 16.3. The lowest BCUT2D eigenvalue weighted by Gasteiger charge is -2.20. The number of aliphatic hydroxyl groups excluding tert-OH is 1. The van der Waals surface area contributed by atoms with Crippen LogP contribution in [0, 0.1) is 5.92 Å². The second-order valence-electron chi connectivity index (χ2n) is 4.20. The molecule has 2 atom stereocenters. The molecule has 0 aliphatic carbocycles. The van der Waals surface area contributed by atoms with Gasteiger partial charge in [-0.15, -0.1) is 0 Å². The molecule has 0 bridgehead atoms. The Morgan fingerprint density at radius 1 is 1.00 bits per heavy atom. The van der Waals surface area contributed by atoms with E-state index in [1.54, 1.807) is 0 Å². The van der Waals surface area contributed by atoms with Gasteiger partial charge < -0.3 is 10.8 Å². The van der Waals surface area contributed by atoms with Crippen LogP contribution in [0.25, 0.3) is 0 Å². The molecular weight excluding hydrogens is 174 g/mol. The maximum Gasteiger partial charge on any atom is 0.0580 e. The van der Waals surface area contributed by atoms with E-state index >= 15 is 0 Å². The van der Waals surface area contributed by atoms with Crippen LogP contribution < -0.4 is 5.73 Å². The smallest absolute Gasteiger partial charge is 0.0580 e. The molecule has 14 heavy (non-hydrogen) atoms. The zero-order chi connectivity index (χ0) is 10.8. The summed E-state index contributed by atoms with van der Waals surface area (Å²) in [4.78, 5) is 0. The number of hydrogen-bond acceptors (Lipinski definition) is 2. The molecule has 3 N–H and O–H groups in total. The van der Waals surface area contributed by atoms with Gasteiger partial charge in [0.1, 0.15) is 0 Å². The molecular formula is C12H27NO. The van der Waals surface area contributed by atoms with E-state index < -0.39 is 0 Å². The van der Waals surface area contributed by atoms with Gasteiger partial charge in [0.25, 0.3) is 0 Å². The maximum atomic E-state index is 9.86. The molecule has 86 valence electrons. The molecule has 2 heteroatoms. The summed E-state index contributed by atoms with van der Waals surface area (Å²) < 4.78 is 0. The summed E-state index contributed by atoms with van der Waals surface area (Å²) >= 11 is 0. The number of aliphatic hydroxyl groups is 1. The lowest BCUT2D eigenvalue weighted by atomic mass is 9.93. The van der Waals surface area contributed by atoms with E-state index in [1.165, 1.54) is 19.3 Å². The molecule has 0 aromatic heterocycles. The Kier molecular flexibility index (Phi) is 9.42. The van der Waals surface area contributed by atoms with Crippen LogP contribution in [0.5, 0.6) is 0 Å². The first kappa shape index (κ1) is 13.9. The minimum absolute atomic E-state index is 0.170. The second kappa shape index (κ2) is 9.47. The van der Waals surface area contributed by atoms with Crippen molar-refractivity contribution in [2.45, 2.75) is 64.9 Å². The van der Waals surface area contributed by atoms with E-state index in [0.29, 0.717) is 12.5 Å². The first-order valence-electron chi connectivity index (χ1n) is 6.14. The maximum absolute atomic E-state index is 9.86. The van der Waals surface area contributed by atoms with Gasteiger partial charge in [0, 0.05) is 0 Å². The Bertz CT molecular complexity index is 117. The van der Waals surface area contributed by atoms with Crippen molar-refractivity contribution in [3.63, 3.8) is 0 Å². The first-order valence-corrected chi connectivity index (χ1v) is 6.14. The molecule has 0 rings (SSSR count). The van der Waals surface area contributed by atoms with Crippen LogP contribution in [-0.2, 0) is 0 Å². The Morgan fingerprint density at radius 2 is 1.71 bits per heavy atom. The van der Waals surface area contributed by atoms with Crippen molar-refractivity contribution in [2.24, 2.45) is 11.7 Å². The van der Waals surface area contributed by atoms with Gasteiger partial charge in [-0.3, -0.25) is 0 Å². The monoisotopic (exact) mass is 201 g/mol. The highest BCUT2D eigenvalue weighted by molar-refractivity contribution is 4.69. The van der Waals surface area contributed by atoms with Gasteiger partial charge >= 0.3 is 0 Å². The van der Waals surface area contributed by atoms with Gasteiger partial charge in [0.05, 0.1) is 6.10 Å². The van der Waals surface area contributed by atoms with E-state index in [4.69, 9.17) is 5.73 Å². The largest absolute Gasteiger partial charge is 0.393 e. The van der Waals surface area contributed by atoms with Gasteiger partial charge in [-0.05, 0) is 25.3 Å². The molecule has 0 aliphatic heterocycles. The van der Waals surface area contributed by atoms with Crippen molar-refractivity contribution in [2.75, 3.05) is 6.54 Å². The molecule has 0 amide bonds. The van der Waals surface area contributed by atoms with Crippen LogP contribution >= 0.6 is 0 Å². The van der Waals surface area contributed by atoms with Gasteiger partial charge in [0.2, 0.25) is 0 Å². The van der Waals surface area contributed by atoms with E-state index in [0.717, 1.165) is 25.7 Å². The van der Waals surface area contributed by atoms with Gasteiger partial charge in [0.15, 0.2) is 0 Å². The standard InChI is InChI=1S/C12H27NO/c1-3-5-6-7-9-12(14)11(10-13)8-4-2/h11-12,14H,3-10,13H2,1-2H3. The normalized spacial score (nSPS) is 15.4. The quantitative estimate of drug-likeness (QED) is 0.563. The summed E-state index contributed by atoms with van der Waals surface area (Å²) in [5.41, 5.74) is 5.63. The molecule has 0 fully saturated rings. The Balaban J connectivity index is 3.52. The molecule has 2 unspecified atom stereocenters. The summed E-state index contributed by atoms with van der Waals surface area (Å²) in [5.74, 6) is 0.321. The number of hydrogen-bond donors (Lipinski definition) is 2. The summed E-state index contributed by atoms with van der Waals surface area (Å²) in [6, 6.07) is 0. The van der Waals surface area contributed by atoms with Gasteiger partial charge in [-0.2, -0.15) is 0 Å². The fourth-order valence-corrected chi connectivity index (χ4v) is 1.85. The first-order chi connectivity index (χ1) is 6.76. The summed E-state index contributed by atoms with van der Waals surface area (Å²) in [6.45, 7) is 4.98. The van der Waals surface area contributed by atoms with Crippen molar-refractivity contribution in [1.82, 2.24) is 0 Å². The Labute approximate surface area is 88.9 Å². The summed E-state index contributed by atoms with van der Waals surface area (Å²) in [7, 11) is 0. The SMILES string of the molecule is CCCCCCC(O)C(CN)CCC. The fraction of sp³-hybridized carbons (Fsp3) is 1.00. The highest BCUT2D eigenvalue weighted by Crippen LogP contribution is 2.16. The van der Waals surface area contributed by atoms with Crippen molar-refractivity contribution in [1.29, 1.82) is 0 Å². The average molecular weight is 201 g/mol. The van der Waals surface area contributed by atoms with Crippen LogP contribution in [0.4, 0.5) is 0 Å². The zero-order valence-electron chi connectivity index (χ0n) is 9.84. The second-order valence-corrected chi connectivity index (χ2v) is 4.20. The average Bonchev–Trinajstić information content (AvgIpc) is 2.20. The van der Waals surface area contributed by atoms with Crippen molar-refractivity contribution in [3.05, 3.63) is 0 Å². The van der Waals surface area contributed by atoms with E-state index in [9.17, 15) is 5.11 Å². The third-order valence-electron chi connectivity index (χ3n) is 2.86. The number of unbranched alkanes of at least 4 members (excludes halogenated alkanes) is 3. The molecule has 0 aromatic carbocycles. The summed E-state index contributed by atoms with van der Waals surface area (Å²) in [6.07, 6.45) is 7.88. The third kappa shape index (κ3) is 6.39. The minimum Gasteiger partial charge on any atom is -0.393 e. The van der Waals surface area contributed by atoms with Crippen LogP contribution in [0.3, 0.4) is 0 Å². The Morgan fingerprint density at radius 3 is 2.21 bits per heavy atom. The molecule has 0 saturated carbocycles. The lowest BCUT2D eigenvalue weighted by Crippen LogP contribution is -2.27. The van der Waals surface area contributed by atoms with Crippen molar-refractivity contribution < 1.29 is 5.11 Å². The molecule has 0 aromatic rings. The van der Waals surface area contributed by atoms with Gasteiger partial charge in [-0.1, -0.05) is 46.0 Å². The van der Waals surface area contributed by atoms with Crippen molar-refractivity contribution >= 4 is 0 Å². The zero-order valence-corrected chi connectivity index (χ0v) is 9.84. The predicted molar refractivity (Wildman–Crippen MR) is 62.2 cm³/mol. The number of rotatable bonds is 9. The van der Waals surface area contributed by atoms with E-state index in [2.05, 4.69) is 13.8 Å². The van der Waals surface area contributed by atoms with Crippen LogP contribution in [0.2, 0.25) is 0 Å². The number of nitrogens with two attached hydrogens (primary N) is 1. The molecule has 0 spiro atoms. The van der Waals surface area contributed by atoms with Crippen molar-refractivity contribution in [3.8, 4) is 0 Å². The van der Waals surface area contributed by atoms with E-state index in [1.807, 2.05) is 0 Å². The fourth-order valence-electron chi connectivity index (χ4n) is 1.85. The predicted octanol–water partition coefficient (Wildman–Crippen LogP) is 2.69. The van der Waals surface area contributed by atoms with Gasteiger partial charge in [-0.25, -0.2) is 0 Å². The van der Waals surface area contributed by atoms with Crippen LogP contribution in [-0.4, -0.2) is 17.8 Å². The van der Waals surface area contributed by atoms with Crippen LogP contribution in [0.15, 0.2) is 0 Å². The topological polar surface area (TPSA) is 46.2 Å². The molecule has 2 nitrogen and oxygen atoms in total. The third-order valence-corrected chi connectivity index (χ3v) is 2.86. The minimum atomic E-state index is -0.170. The Hall–Kier alpha value is -0.0800. The van der Waals surface area contributed by atoms with Crippen LogP contribution in [0.1, 0.15) is 58.8 Å². The molecule has 0 radical (unpaired) electrons. The molecule has 0 saturated heterocycles. The lowest BCUT2D eigenvalue weighted by molar-refractivity contribution is 0.0946. The molecule has 0 heterocycles. The highest BCUT2D eigenvalue weighted by Gasteiger charge is 2.15. The summed E-state index contributed by atoms with van der Waals surface area (Å²) in [5, 5.41) is 9.86.